The fourth-order valence-electron chi connectivity index (χ4n) is 2.51. The quantitative estimate of drug-likeness (QED) is 0.631. The second kappa shape index (κ2) is 8.17. The Balaban J connectivity index is 1.85. The molecule has 140 valence electrons. The van der Waals surface area contributed by atoms with Gasteiger partial charge in [-0.05, 0) is 60.7 Å². The average Bonchev–Trinajstić information content (AvgIpc) is 3.16. The summed E-state index contributed by atoms with van der Waals surface area (Å²) in [7, 11) is -3.81. The fourth-order valence-corrected chi connectivity index (χ4v) is 4.35. The number of nitrogens with one attached hydrogen (secondary N) is 1. The molecular formula is C19H15Cl2NO4S. The monoisotopic (exact) mass is 423 g/mol. The van der Waals surface area contributed by atoms with Gasteiger partial charge in [0.25, 0.3) is 5.91 Å². The third-order valence-electron chi connectivity index (χ3n) is 3.93. The lowest BCUT2D eigenvalue weighted by Crippen LogP contribution is -2.31. The number of carbonyl (C=O) groups excluding carboxylic acids is 1. The smallest absolute Gasteiger partial charge is 0.251 e. The van der Waals surface area contributed by atoms with Crippen molar-refractivity contribution in [3.8, 4) is 0 Å². The molecule has 1 atom stereocenters. The Morgan fingerprint density at radius 1 is 0.963 bits per heavy atom. The molecule has 0 fully saturated rings. The molecule has 8 heteroatoms. The zero-order chi connectivity index (χ0) is 19.4. The lowest BCUT2D eigenvalue weighted by molar-refractivity contribution is 0.0953. The van der Waals surface area contributed by atoms with Gasteiger partial charge in [0, 0.05) is 22.2 Å². The molecule has 1 heterocycles. The molecule has 1 unspecified atom stereocenters. The molecule has 0 aliphatic rings. The van der Waals surface area contributed by atoms with E-state index in [0.29, 0.717) is 15.6 Å². The molecule has 0 aliphatic heterocycles. The summed E-state index contributed by atoms with van der Waals surface area (Å²) in [6.07, 6.45) is 1.39. The van der Waals surface area contributed by atoms with E-state index < -0.39 is 21.0 Å². The van der Waals surface area contributed by atoms with E-state index in [2.05, 4.69) is 5.32 Å². The Kier molecular flexibility index (Phi) is 5.89. The molecule has 1 aromatic heterocycles. The van der Waals surface area contributed by atoms with Crippen LogP contribution in [0.2, 0.25) is 10.0 Å². The Hall–Kier alpha value is -2.28. The van der Waals surface area contributed by atoms with Crippen LogP contribution in [0, 0.1) is 0 Å². The van der Waals surface area contributed by atoms with Crippen LogP contribution in [-0.2, 0) is 9.84 Å². The maximum Gasteiger partial charge on any atom is 0.251 e. The van der Waals surface area contributed by atoms with Gasteiger partial charge in [-0.15, -0.1) is 0 Å². The zero-order valence-electron chi connectivity index (χ0n) is 13.9. The van der Waals surface area contributed by atoms with Crippen LogP contribution in [0.25, 0.3) is 0 Å². The van der Waals surface area contributed by atoms with Crippen molar-refractivity contribution < 1.29 is 17.6 Å². The van der Waals surface area contributed by atoms with E-state index in [0.717, 1.165) is 0 Å². The minimum atomic E-state index is -3.81. The molecule has 1 amide bonds. The van der Waals surface area contributed by atoms with Gasteiger partial charge in [0.05, 0.1) is 11.2 Å². The number of benzene rings is 2. The number of amides is 1. The van der Waals surface area contributed by atoms with Gasteiger partial charge >= 0.3 is 0 Å². The predicted molar refractivity (Wildman–Crippen MR) is 104 cm³/mol. The first-order valence-corrected chi connectivity index (χ1v) is 10.2. The number of carbonyl (C=O) groups is 1. The minimum absolute atomic E-state index is 0.0917. The van der Waals surface area contributed by atoms with Crippen molar-refractivity contribution in [1.82, 2.24) is 5.32 Å². The molecule has 5 nitrogen and oxygen atoms in total. The van der Waals surface area contributed by atoms with Gasteiger partial charge in [0.2, 0.25) is 0 Å². The summed E-state index contributed by atoms with van der Waals surface area (Å²) >= 11 is 11.7. The number of hydrogen-bond acceptors (Lipinski definition) is 4. The second-order valence-corrected chi connectivity index (χ2v) is 8.72. The van der Waals surface area contributed by atoms with Gasteiger partial charge in [-0.25, -0.2) is 8.42 Å². The van der Waals surface area contributed by atoms with Crippen molar-refractivity contribution >= 4 is 38.9 Å². The Morgan fingerprint density at radius 2 is 1.56 bits per heavy atom. The van der Waals surface area contributed by atoms with Crippen molar-refractivity contribution in [3.05, 3.63) is 88.3 Å². The first kappa shape index (κ1) is 19.5. The number of halogens is 2. The molecule has 0 radical (unpaired) electrons. The van der Waals surface area contributed by atoms with E-state index in [9.17, 15) is 13.2 Å². The van der Waals surface area contributed by atoms with E-state index in [-0.39, 0.29) is 17.2 Å². The third kappa shape index (κ3) is 4.53. The van der Waals surface area contributed by atoms with Crippen LogP contribution in [0.15, 0.2) is 76.2 Å². The Morgan fingerprint density at radius 3 is 2.11 bits per heavy atom. The first-order chi connectivity index (χ1) is 12.9. The maximum absolute atomic E-state index is 13.1. The molecule has 1 N–H and O–H groups in total. The molecule has 0 saturated carbocycles. The second-order valence-electron chi connectivity index (χ2n) is 5.72. The Bertz CT molecular complexity index is 1010. The SMILES string of the molecule is O=C(NCC(c1ccco1)S(=O)(=O)c1ccc(Cl)cc1)c1ccc(Cl)cc1. The van der Waals surface area contributed by atoms with Crippen LogP contribution in [0.5, 0.6) is 0 Å². The highest BCUT2D eigenvalue weighted by Crippen LogP contribution is 2.29. The predicted octanol–water partition coefficient (Wildman–Crippen LogP) is 4.53. The number of rotatable bonds is 6. The molecule has 3 rings (SSSR count). The zero-order valence-corrected chi connectivity index (χ0v) is 16.3. The van der Waals surface area contributed by atoms with E-state index >= 15 is 0 Å². The summed E-state index contributed by atoms with van der Waals surface area (Å²) in [5.41, 5.74) is 0.376. The minimum Gasteiger partial charge on any atom is -0.468 e. The molecule has 0 aliphatic carbocycles. The highest BCUT2D eigenvalue weighted by molar-refractivity contribution is 7.91. The first-order valence-electron chi connectivity index (χ1n) is 7.94. The van der Waals surface area contributed by atoms with Crippen LogP contribution in [0.4, 0.5) is 0 Å². The molecule has 0 spiro atoms. The summed E-state index contributed by atoms with van der Waals surface area (Å²) < 4.78 is 31.4. The largest absolute Gasteiger partial charge is 0.468 e. The standard InChI is InChI=1S/C19H15Cl2NO4S/c20-14-5-3-13(4-6-14)19(23)22-12-18(17-2-1-11-26-17)27(24,25)16-9-7-15(21)8-10-16/h1-11,18H,12H2,(H,22,23). The molecule has 0 saturated heterocycles. The van der Waals surface area contributed by atoms with Gasteiger partial charge in [-0.1, -0.05) is 23.2 Å². The number of sulfone groups is 1. The van der Waals surface area contributed by atoms with E-state index in [1.54, 1.807) is 36.4 Å². The van der Waals surface area contributed by atoms with Crippen molar-refractivity contribution in [2.45, 2.75) is 10.1 Å². The van der Waals surface area contributed by atoms with Crippen LogP contribution < -0.4 is 5.32 Å². The van der Waals surface area contributed by atoms with E-state index in [4.69, 9.17) is 27.6 Å². The normalized spacial score (nSPS) is 12.5. The topological polar surface area (TPSA) is 76.4 Å². The van der Waals surface area contributed by atoms with Crippen molar-refractivity contribution in [3.63, 3.8) is 0 Å². The van der Waals surface area contributed by atoms with Gasteiger partial charge in [-0.2, -0.15) is 0 Å². The van der Waals surface area contributed by atoms with E-state index in [1.165, 1.54) is 30.5 Å². The van der Waals surface area contributed by atoms with Gasteiger partial charge < -0.3 is 9.73 Å². The lowest BCUT2D eigenvalue weighted by atomic mass is 10.2. The lowest BCUT2D eigenvalue weighted by Gasteiger charge is -2.17. The molecule has 3 aromatic rings. The van der Waals surface area contributed by atoms with Crippen molar-refractivity contribution in [1.29, 1.82) is 0 Å². The van der Waals surface area contributed by atoms with E-state index in [1.807, 2.05) is 0 Å². The number of hydrogen-bond donors (Lipinski definition) is 1. The van der Waals surface area contributed by atoms with Crippen LogP contribution in [-0.4, -0.2) is 20.9 Å². The molecular weight excluding hydrogens is 409 g/mol. The van der Waals surface area contributed by atoms with Gasteiger partial charge in [0.15, 0.2) is 9.84 Å². The summed E-state index contributed by atoms with van der Waals surface area (Å²) in [4.78, 5) is 12.4. The van der Waals surface area contributed by atoms with Gasteiger partial charge in [0.1, 0.15) is 11.0 Å². The molecule has 27 heavy (non-hydrogen) atoms. The summed E-state index contributed by atoms with van der Waals surface area (Å²) in [5, 5.41) is 2.50. The highest BCUT2D eigenvalue weighted by atomic mass is 35.5. The maximum atomic E-state index is 13.1. The summed E-state index contributed by atoms with van der Waals surface area (Å²) in [6.45, 7) is -0.153. The fraction of sp³-hybridized carbons (Fsp3) is 0.105. The average molecular weight is 424 g/mol. The highest BCUT2D eigenvalue weighted by Gasteiger charge is 2.32. The van der Waals surface area contributed by atoms with Gasteiger partial charge in [-0.3, -0.25) is 4.79 Å². The Labute approximate surface area is 166 Å². The summed E-state index contributed by atoms with van der Waals surface area (Å²) in [5.74, 6) is -0.170. The molecule has 2 aromatic carbocycles. The molecule has 0 bridgehead atoms. The summed E-state index contributed by atoms with van der Waals surface area (Å²) in [6, 6.07) is 15.3. The van der Waals surface area contributed by atoms with Crippen LogP contribution in [0.1, 0.15) is 21.4 Å². The van der Waals surface area contributed by atoms with Crippen molar-refractivity contribution in [2.75, 3.05) is 6.54 Å². The number of furan rings is 1. The third-order valence-corrected chi connectivity index (χ3v) is 6.51. The van der Waals surface area contributed by atoms with Crippen molar-refractivity contribution in [2.24, 2.45) is 0 Å². The van der Waals surface area contributed by atoms with Crippen LogP contribution >= 0.6 is 23.2 Å². The van der Waals surface area contributed by atoms with Crippen LogP contribution in [0.3, 0.4) is 0 Å².